The molecule has 1 saturated heterocycles. The molecular weight excluding hydrogens is 346 g/mol. The van der Waals surface area contributed by atoms with E-state index in [0.717, 1.165) is 5.56 Å². The Morgan fingerprint density at radius 3 is 2.67 bits per heavy atom. The number of amides is 1. The summed E-state index contributed by atoms with van der Waals surface area (Å²) in [7, 11) is 3.16. The van der Waals surface area contributed by atoms with E-state index in [-0.39, 0.29) is 11.8 Å². The van der Waals surface area contributed by atoms with Gasteiger partial charge in [-0.2, -0.15) is 4.98 Å². The zero-order chi connectivity index (χ0) is 18.8. The molecule has 0 saturated carbocycles. The van der Waals surface area contributed by atoms with Crippen molar-refractivity contribution in [2.45, 2.75) is 12.3 Å². The molecule has 0 aliphatic carbocycles. The summed E-state index contributed by atoms with van der Waals surface area (Å²) in [6.45, 7) is 0.468. The molecule has 1 aliphatic heterocycles. The van der Waals surface area contributed by atoms with Crippen LogP contribution in [-0.2, 0) is 4.79 Å². The second-order valence-corrected chi connectivity index (χ2v) is 6.27. The second-order valence-electron chi connectivity index (χ2n) is 6.27. The van der Waals surface area contributed by atoms with Crippen LogP contribution in [0.25, 0.3) is 11.5 Å². The molecular formula is C20H19N3O4. The molecule has 2 aromatic carbocycles. The van der Waals surface area contributed by atoms with E-state index < -0.39 is 0 Å². The first-order valence-corrected chi connectivity index (χ1v) is 8.61. The first kappa shape index (κ1) is 17.1. The molecule has 3 aromatic rings. The topological polar surface area (TPSA) is 77.7 Å². The molecule has 0 spiro atoms. The summed E-state index contributed by atoms with van der Waals surface area (Å²) in [5.41, 5.74) is 1.56. The largest absolute Gasteiger partial charge is 0.497 e. The Hall–Kier alpha value is -3.35. The lowest BCUT2D eigenvalue weighted by Gasteiger charge is -2.19. The monoisotopic (exact) mass is 365 g/mol. The Balaban J connectivity index is 1.57. The van der Waals surface area contributed by atoms with Gasteiger partial charge >= 0.3 is 0 Å². The lowest BCUT2D eigenvalue weighted by molar-refractivity contribution is -0.117. The van der Waals surface area contributed by atoms with Crippen LogP contribution >= 0.6 is 0 Å². The standard InChI is InChI=1S/C20H19N3O4/c1-25-15-8-9-16(17(11-15)26-2)23-12-14(10-18(23)24)19-21-20(27-22-19)13-6-4-3-5-7-13/h3-9,11,14H,10,12H2,1-2H3. The van der Waals surface area contributed by atoms with Crippen LogP contribution in [0.2, 0.25) is 0 Å². The number of methoxy groups -OCH3 is 2. The first-order chi connectivity index (χ1) is 13.2. The van der Waals surface area contributed by atoms with Crippen molar-refractivity contribution in [2.75, 3.05) is 25.7 Å². The number of hydrogen-bond donors (Lipinski definition) is 0. The molecule has 0 radical (unpaired) electrons. The van der Waals surface area contributed by atoms with Crippen LogP contribution in [0.1, 0.15) is 18.2 Å². The molecule has 1 atom stereocenters. The van der Waals surface area contributed by atoms with Gasteiger partial charge in [-0.1, -0.05) is 23.4 Å². The quantitative estimate of drug-likeness (QED) is 0.691. The third-order valence-corrected chi connectivity index (χ3v) is 4.63. The normalized spacial score (nSPS) is 16.6. The molecule has 2 heterocycles. The average Bonchev–Trinajstić information content (AvgIpc) is 3.35. The van der Waals surface area contributed by atoms with Crippen molar-refractivity contribution in [2.24, 2.45) is 0 Å². The van der Waals surface area contributed by atoms with Gasteiger partial charge in [0, 0.05) is 30.5 Å². The van der Waals surface area contributed by atoms with Crippen LogP contribution in [0, 0.1) is 0 Å². The first-order valence-electron chi connectivity index (χ1n) is 8.61. The van der Waals surface area contributed by atoms with Crippen molar-refractivity contribution in [3.05, 3.63) is 54.4 Å². The molecule has 1 aliphatic rings. The van der Waals surface area contributed by atoms with Gasteiger partial charge in [-0.15, -0.1) is 0 Å². The Morgan fingerprint density at radius 2 is 1.93 bits per heavy atom. The fourth-order valence-electron chi connectivity index (χ4n) is 3.22. The highest BCUT2D eigenvalue weighted by Crippen LogP contribution is 2.38. The van der Waals surface area contributed by atoms with Crippen molar-refractivity contribution in [3.63, 3.8) is 0 Å². The van der Waals surface area contributed by atoms with E-state index >= 15 is 0 Å². The van der Waals surface area contributed by atoms with Gasteiger partial charge in [0.15, 0.2) is 5.82 Å². The third kappa shape index (κ3) is 3.23. The lowest BCUT2D eigenvalue weighted by atomic mass is 10.1. The number of carbonyl (C=O) groups is 1. The minimum absolute atomic E-state index is 0.00507. The lowest BCUT2D eigenvalue weighted by Crippen LogP contribution is -2.24. The van der Waals surface area contributed by atoms with E-state index in [1.807, 2.05) is 36.4 Å². The van der Waals surface area contributed by atoms with Crippen LogP contribution in [0.15, 0.2) is 53.1 Å². The van der Waals surface area contributed by atoms with Gasteiger partial charge in [0.2, 0.25) is 5.91 Å². The number of aromatic nitrogens is 2. The minimum atomic E-state index is -0.134. The van der Waals surface area contributed by atoms with Gasteiger partial charge in [-0.05, 0) is 24.3 Å². The second kappa shape index (κ2) is 7.11. The van der Waals surface area contributed by atoms with Crippen molar-refractivity contribution >= 4 is 11.6 Å². The molecule has 7 nitrogen and oxygen atoms in total. The Morgan fingerprint density at radius 1 is 1.11 bits per heavy atom. The maximum absolute atomic E-state index is 12.6. The third-order valence-electron chi connectivity index (χ3n) is 4.63. The van der Waals surface area contributed by atoms with Crippen LogP contribution in [-0.4, -0.2) is 36.8 Å². The molecule has 138 valence electrons. The highest BCUT2D eigenvalue weighted by atomic mass is 16.5. The maximum atomic E-state index is 12.6. The van der Waals surface area contributed by atoms with Crippen molar-refractivity contribution in [3.8, 4) is 23.0 Å². The van der Waals surface area contributed by atoms with Crippen LogP contribution in [0.4, 0.5) is 5.69 Å². The van der Waals surface area contributed by atoms with Gasteiger partial charge < -0.3 is 18.9 Å². The number of ether oxygens (including phenoxy) is 2. The van der Waals surface area contributed by atoms with Gasteiger partial charge in [-0.3, -0.25) is 4.79 Å². The van der Waals surface area contributed by atoms with E-state index in [1.165, 1.54) is 0 Å². The highest BCUT2D eigenvalue weighted by molar-refractivity contribution is 5.97. The Kier molecular flexibility index (Phi) is 4.50. The molecule has 1 unspecified atom stereocenters. The predicted molar refractivity (Wildman–Crippen MR) is 99.0 cm³/mol. The van der Waals surface area contributed by atoms with E-state index in [4.69, 9.17) is 14.0 Å². The number of anilines is 1. The van der Waals surface area contributed by atoms with Crippen molar-refractivity contribution < 1.29 is 18.8 Å². The summed E-state index contributed by atoms with van der Waals surface area (Å²) in [5, 5.41) is 4.09. The molecule has 4 rings (SSSR count). The number of hydrogen-bond acceptors (Lipinski definition) is 6. The van der Waals surface area contributed by atoms with Crippen LogP contribution in [0.5, 0.6) is 11.5 Å². The zero-order valence-electron chi connectivity index (χ0n) is 15.1. The summed E-state index contributed by atoms with van der Waals surface area (Å²) in [5.74, 6) is 2.11. The van der Waals surface area contributed by atoms with Crippen LogP contribution in [0.3, 0.4) is 0 Å². The molecule has 27 heavy (non-hydrogen) atoms. The van der Waals surface area contributed by atoms with E-state index in [1.54, 1.807) is 31.3 Å². The minimum Gasteiger partial charge on any atom is -0.497 e. The molecule has 1 amide bonds. The maximum Gasteiger partial charge on any atom is 0.257 e. The van der Waals surface area contributed by atoms with Gasteiger partial charge in [0.1, 0.15) is 11.5 Å². The summed E-state index contributed by atoms with van der Waals surface area (Å²) in [6.07, 6.45) is 0.322. The summed E-state index contributed by atoms with van der Waals surface area (Å²) >= 11 is 0. The average molecular weight is 365 g/mol. The molecule has 0 N–H and O–H groups in total. The van der Waals surface area contributed by atoms with E-state index in [9.17, 15) is 4.79 Å². The van der Waals surface area contributed by atoms with Crippen LogP contribution < -0.4 is 14.4 Å². The molecule has 1 aromatic heterocycles. The zero-order valence-corrected chi connectivity index (χ0v) is 15.1. The SMILES string of the molecule is COc1ccc(N2CC(c3noc(-c4ccccc4)n3)CC2=O)c(OC)c1. The summed E-state index contributed by atoms with van der Waals surface area (Å²) in [6, 6.07) is 15.0. The number of nitrogens with zero attached hydrogens (tertiary/aromatic N) is 3. The number of carbonyl (C=O) groups excluding carboxylic acids is 1. The summed E-state index contributed by atoms with van der Waals surface area (Å²) in [4.78, 5) is 18.8. The van der Waals surface area contributed by atoms with E-state index in [0.29, 0.717) is 41.9 Å². The van der Waals surface area contributed by atoms with Gasteiger partial charge in [-0.25, -0.2) is 0 Å². The molecule has 7 heteroatoms. The van der Waals surface area contributed by atoms with E-state index in [2.05, 4.69) is 10.1 Å². The van der Waals surface area contributed by atoms with Gasteiger partial charge in [0.05, 0.1) is 19.9 Å². The fourth-order valence-corrected chi connectivity index (χ4v) is 3.22. The predicted octanol–water partition coefficient (Wildman–Crippen LogP) is 3.27. The highest BCUT2D eigenvalue weighted by Gasteiger charge is 2.36. The molecule has 0 bridgehead atoms. The number of benzene rings is 2. The van der Waals surface area contributed by atoms with Crippen molar-refractivity contribution in [1.82, 2.24) is 10.1 Å². The van der Waals surface area contributed by atoms with Crippen molar-refractivity contribution in [1.29, 1.82) is 0 Å². The fraction of sp³-hybridized carbons (Fsp3) is 0.250. The number of rotatable bonds is 5. The Labute approximate surface area is 156 Å². The Bertz CT molecular complexity index is 955. The van der Waals surface area contributed by atoms with Gasteiger partial charge in [0.25, 0.3) is 5.89 Å². The summed E-state index contributed by atoms with van der Waals surface area (Å²) < 4.78 is 16.0. The molecule has 1 fully saturated rings. The smallest absolute Gasteiger partial charge is 0.257 e.